The van der Waals surface area contributed by atoms with Gasteiger partial charge < -0.3 is 19.3 Å². The predicted molar refractivity (Wildman–Crippen MR) is 137 cm³/mol. The number of esters is 1. The van der Waals surface area contributed by atoms with Gasteiger partial charge in [0.05, 0.1) is 49.4 Å². The Hall–Kier alpha value is -4.40. The molecule has 0 saturated carbocycles. The number of amides is 1. The van der Waals surface area contributed by atoms with Crippen LogP contribution < -0.4 is 10.4 Å². The van der Waals surface area contributed by atoms with Gasteiger partial charge in [-0.3, -0.25) is 25.0 Å². The number of nitrogens with zero attached hydrogens (tertiary/aromatic N) is 5. The highest BCUT2D eigenvalue weighted by atomic mass is 19.1. The summed E-state index contributed by atoms with van der Waals surface area (Å²) in [7, 11) is 1.48. The first-order chi connectivity index (χ1) is 19.4. The number of carbonyl (C=O) groups is 2. The molecule has 0 unspecified atom stereocenters. The molecule has 13 nitrogen and oxygen atoms in total. The molecule has 14 heteroatoms. The molecule has 1 fully saturated rings. The number of aliphatic hydroxyl groups is 1. The molecular weight excluding hydrogens is 527 g/mol. The third kappa shape index (κ3) is 6.25. The molecular formula is C26H27FN6O7. The molecule has 0 bridgehead atoms. The molecule has 3 aromatic rings. The average Bonchev–Trinajstić information content (AvgIpc) is 3.73. The topological polar surface area (TPSA) is 150 Å². The summed E-state index contributed by atoms with van der Waals surface area (Å²) in [5.41, 5.74) is 4.93. The van der Waals surface area contributed by atoms with Crippen LogP contribution in [0.15, 0.2) is 55.0 Å². The molecule has 2 aliphatic rings. The van der Waals surface area contributed by atoms with Crippen molar-refractivity contribution >= 4 is 23.4 Å². The number of hydroxylamine groups is 1. The van der Waals surface area contributed by atoms with E-state index in [4.69, 9.17) is 19.0 Å². The van der Waals surface area contributed by atoms with Gasteiger partial charge in [-0.2, -0.15) is 0 Å². The van der Waals surface area contributed by atoms with Crippen molar-refractivity contribution in [1.82, 2.24) is 25.5 Å². The van der Waals surface area contributed by atoms with Gasteiger partial charge in [0.25, 0.3) is 0 Å². The first-order valence-electron chi connectivity index (χ1n) is 12.5. The summed E-state index contributed by atoms with van der Waals surface area (Å²) in [4.78, 5) is 35.1. The number of aromatic nitrogens is 4. The minimum absolute atomic E-state index is 0.0871. The van der Waals surface area contributed by atoms with Gasteiger partial charge in [-0.05, 0) is 30.3 Å². The van der Waals surface area contributed by atoms with Gasteiger partial charge in [-0.15, -0.1) is 5.10 Å². The van der Waals surface area contributed by atoms with Crippen LogP contribution in [0.25, 0.3) is 16.8 Å². The summed E-state index contributed by atoms with van der Waals surface area (Å²) in [6.07, 6.45) is 3.58. The molecule has 1 saturated heterocycles. The molecule has 210 valence electrons. The molecule has 40 heavy (non-hydrogen) atoms. The van der Waals surface area contributed by atoms with Crippen LogP contribution in [0.3, 0.4) is 0 Å². The molecule has 4 heterocycles. The van der Waals surface area contributed by atoms with Gasteiger partial charge in [0.15, 0.2) is 0 Å². The lowest BCUT2D eigenvalue weighted by molar-refractivity contribution is -0.150. The smallest absolute Gasteiger partial charge is 0.414 e. The van der Waals surface area contributed by atoms with Crippen LogP contribution in [0.5, 0.6) is 0 Å². The fraction of sp³-hybridized carbons (Fsp3) is 0.346. The highest BCUT2D eigenvalue weighted by molar-refractivity contribution is 5.90. The zero-order chi connectivity index (χ0) is 28.1. The first-order valence-corrected chi connectivity index (χ1v) is 12.5. The molecule has 1 amide bonds. The second kappa shape index (κ2) is 12.2. The number of halogens is 1. The normalized spacial score (nSPS) is 19.2. The Bertz CT molecular complexity index is 1370. The van der Waals surface area contributed by atoms with Crippen LogP contribution in [0.4, 0.5) is 14.9 Å². The van der Waals surface area contributed by atoms with E-state index in [9.17, 15) is 14.7 Å². The van der Waals surface area contributed by atoms with E-state index in [1.807, 2.05) is 0 Å². The molecule has 2 N–H and O–H groups in total. The molecule has 0 spiro atoms. The maximum absolute atomic E-state index is 15.1. The summed E-state index contributed by atoms with van der Waals surface area (Å²) in [5.74, 6) is -1.01. The second-order valence-electron chi connectivity index (χ2n) is 9.10. The Labute approximate surface area is 228 Å². The molecule has 3 atom stereocenters. The van der Waals surface area contributed by atoms with Crippen LogP contribution in [0.1, 0.15) is 12.1 Å². The van der Waals surface area contributed by atoms with E-state index in [0.29, 0.717) is 34.8 Å². The van der Waals surface area contributed by atoms with Crippen molar-refractivity contribution in [2.45, 2.75) is 31.3 Å². The van der Waals surface area contributed by atoms with Crippen molar-refractivity contribution in [3.63, 3.8) is 0 Å². The molecule has 2 aromatic heterocycles. The number of carbonyl (C=O) groups excluding carboxylic acids is 2. The number of anilines is 1. The number of hydrogen-bond acceptors (Lipinski definition) is 11. The standard InChI is InChI=1S/C26H27FN6O7/c1-37-9-6-25(35)38-15-23(34)24-11-22(30-40-24)21-5-2-16(12-28-21)19-4-3-17(10-20(19)27)33-14-18(39-26(33)36)13-32-8-7-29-31-32/h2-5,7-8,10-12,18,23-24,30,34H,6,9,13-15H2,1H3/t18-,23+,24-/m0/s1. The zero-order valence-corrected chi connectivity index (χ0v) is 21.5. The Morgan fingerprint density at radius 2 is 2.20 bits per heavy atom. The Kier molecular flexibility index (Phi) is 8.28. The van der Waals surface area contributed by atoms with Crippen LogP contribution >= 0.6 is 0 Å². The lowest BCUT2D eigenvalue weighted by Gasteiger charge is -2.15. The third-order valence-corrected chi connectivity index (χ3v) is 6.29. The highest BCUT2D eigenvalue weighted by Crippen LogP contribution is 2.30. The van der Waals surface area contributed by atoms with Gasteiger partial charge in [0.1, 0.15) is 30.7 Å². The number of nitrogens with one attached hydrogen (secondary N) is 1. The number of cyclic esters (lactones) is 1. The number of ether oxygens (including phenoxy) is 3. The van der Waals surface area contributed by atoms with Crippen molar-refractivity contribution in [2.24, 2.45) is 0 Å². The lowest BCUT2D eigenvalue weighted by atomic mass is 10.1. The first kappa shape index (κ1) is 27.2. The minimum atomic E-state index is -1.09. The van der Waals surface area contributed by atoms with E-state index in [1.54, 1.807) is 41.2 Å². The average molecular weight is 555 g/mol. The maximum Gasteiger partial charge on any atom is 0.414 e. The van der Waals surface area contributed by atoms with E-state index >= 15 is 4.39 Å². The van der Waals surface area contributed by atoms with Crippen molar-refractivity contribution in [3.8, 4) is 11.1 Å². The van der Waals surface area contributed by atoms with Gasteiger partial charge in [0.2, 0.25) is 0 Å². The highest BCUT2D eigenvalue weighted by Gasteiger charge is 2.33. The van der Waals surface area contributed by atoms with Crippen molar-refractivity contribution < 1.29 is 38.1 Å². The number of benzene rings is 1. The third-order valence-electron chi connectivity index (χ3n) is 6.29. The minimum Gasteiger partial charge on any atom is -0.463 e. The van der Waals surface area contributed by atoms with E-state index in [1.165, 1.54) is 30.5 Å². The molecule has 5 rings (SSSR count). The summed E-state index contributed by atoms with van der Waals surface area (Å²) in [5, 5.41) is 17.9. The summed E-state index contributed by atoms with van der Waals surface area (Å²) in [6, 6.07) is 7.88. The van der Waals surface area contributed by atoms with Gasteiger partial charge >= 0.3 is 12.1 Å². The molecule has 1 aromatic carbocycles. The fourth-order valence-electron chi connectivity index (χ4n) is 4.21. The molecule has 0 aliphatic carbocycles. The fourth-order valence-corrected chi connectivity index (χ4v) is 4.21. The monoisotopic (exact) mass is 554 g/mol. The Morgan fingerprint density at radius 3 is 2.92 bits per heavy atom. The summed E-state index contributed by atoms with van der Waals surface area (Å²) in [6.45, 7) is 0.594. The zero-order valence-electron chi connectivity index (χ0n) is 21.5. The van der Waals surface area contributed by atoms with Crippen molar-refractivity contribution in [3.05, 3.63) is 66.5 Å². The number of aliphatic hydroxyl groups excluding tert-OH is 1. The van der Waals surface area contributed by atoms with Crippen LogP contribution in [-0.4, -0.2) is 82.3 Å². The number of hydrogen-bond donors (Lipinski definition) is 2. The van der Waals surface area contributed by atoms with Crippen LogP contribution in [-0.2, 0) is 30.4 Å². The number of pyridine rings is 1. The van der Waals surface area contributed by atoms with E-state index in [-0.39, 0.29) is 26.2 Å². The molecule has 0 radical (unpaired) electrons. The van der Waals surface area contributed by atoms with Gasteiger partial charge in [-0.25, -0.2) is 13.9 Å². The molecule has 2 aliphatic heterocycles. The lowest BCUT2D eigenvalue weighted by Crippen LogP contribution is -2.32. The van der Waals surface area contributed by atoms with Crippen LogP contribution in [0, 0.1) is 5.82 Å². The summed E-state index contributed by atoms with van der Waals surface area (Å²) >= 11 is 0. The summed E-state index contributed by atoms with van der Waals surface area (Å²) < 4.78 is 31.9. The van der Waals surface area contributed by atoms with Crippen molar-refractivity contribution in [1.29, 1.82) is 0 Å². The quantitative estimate of drug-likeness (QED) is 0.333. The van der Waals surface area contributed by atoms with E-state index < -0.39 is 36.2 Å². The van der Waals surface area contributed by atoms with E-state index in [0.717, 1.165) is 0 Å². The van der Waals surface area contributed by atoms with Crippen LogP contribution in [0.2, 0.25) is 0 Å². The Morgan fingerprint density at radius 1 is 1.32 bits per heavy atom. The Balaban J connectivity index is 1.20. The van der Waals surface area contributed by atoms with E-state index in [2.05, 4.69) is 20.8 Å². The second-order valence-corrected chi connectivity index (χ2v) is 9.10. The van der Waals surface area contributed by atoms with Gasteiger partial charge in [-0.1, -0.05) is 11.3 Å². The number of rotatable bonds is 11. The number of methoxy groups -OCH3 is 1. The maximum atomic E-state index is 15.1. The van der Waals surface area contributed by atoms with Crippen molar-refractivity contribution in [2.75, 3.05) is 31.8 Å². The van der Waals surface area contributed by atoms with Gasteiger partial charge in [0, 0.05) is 30.6 Å². The SMILES string of the molecule is COCCC(=O)OC[C@@H](O)[C@@H]1C=C(c2ccc(-c3ccc(N4C[C@H](Cn5ccnn5)OC4=O)cc3F)cn2)NO1. The predicted octanol–water partition coefficient (Wildman–Crippen LogP) is 1.69. The largest absolute Gasteiger partial charge is 0.463 e.